The number of benzene rings is 1. The predicted octanol–water partition coefficient (Wildman–Crippen LogP) is 4.21. The number of rotatable bonds is 3. The Morgan fingerprint density at radius 3 is 2.39 bits per heavy atom. The maximum atomic E-state index is 12.3. The van der Waals surface area contributed by atoms with Gasteiger partial charge in [-0.05, 0) is 35.7 Å². The van der Waals surface area contributed by atoms with E-state index in [9.17, 15) is 13.2 Å². The van der Waals surface area contributed by atoms with E-state index in [1.165, 1.54) is 23.5 Å². The Bertz CT molecular complexity index is 515. The second kappa shape index (κ2) is 5.22. The third kappa shape index (κ3) is 3.33. The molecule has 0 unspecified atom stereocenters. The molecule has 0 aliphatic carbocycles. The highest BCUT2D eigenvalue weighted by Crippen LogP contribution is 2.29. The average Bonchev–Trinajstić information content (AvgIpc) is 2.82. The largest absolute Gasteiger partial charge is 0.416 e. The lowest BCUT2D eigenvalue weighted by atomic mass is 10.2. The summed E-state index contributed by atoms with van der Waals surface area (Å²) in [5, 5.41) is 5.85. The number of nitrogens with one attached hydrogen (secondary N) is 1. The van der Waals surface area contributed by atoms with Crippen LogP contribution in [-0.2, 0) is 6.18 Å². The van der Waals surface area contributed by atoms with E-state index in [2.05, 4.69) is 10.5 Å². The van der Waals surface area contributed by atoms with Gasteiger partial charge < -0.3 is 0 Å². The van der Waals surface area contributed by atoms with Crippen molar-refractivity contribution in [3.8, 4) is 0 Å². The Balaban J connectivity index is 1.99. The molecule has 1 aromatic heterocycles. The van der Waals surface area contributed by atoms with Gasteiger partial charge in [0.1, 0.15) is 0 Å². The van der Waals surface area contributed by atoms with E-state index in [4.69, 9.17) is 0 Å². The topological polar surface area (TPSA) is 24.4 Å². The van der Waals surface area contributed by atoms with Gasteiger partial charge in [0.05, 0.1) is 17.5 Å². The maximum absolute atomic E-state index is 12.3. The molecule has 0 amide bonds. The summed E-state index contributed by atoms with van der Waals surface area (Å²) in [5.74, 6) is 0. The number of hydrogen-bond acceptors (Lipinski definition) is 3. The van der Waals surface area contributed by atoms with Crippen molar-refractivity contribution in [1.29, 1.82) is 0 Å². The molecule has 2 nitrogen and oxygen atoms in total. The summed E-state index contributed by atoms with van der Waals surface area (Å²) in [6.45, 7) is 0. The van der Waals surface area contributed by atoms with Crippen LogP contribution in [0.25, 0.3) is 0 Å². The molecule has 1 N–H and O–H groups in total. The number of thiophene rings is 1. The molecule has 6 heteroatoms. The van der Waals surface area contributed by atoms with Crippen LogP contribution in [0.15, 0.2) is 46.9 Å². The minimum atomic E-state index is -4.31. The zero-order valence-corrected chi connectivity index (χ0v) is 9.92. The number of halogens is 3. The van der Waals surface area contributed by atoms with E-state index in [0.717, 1.165) is 17.0 Å². The van der Waals surface area contributed by atoms with Crippen LogP contribution in [0, 0.1) is 0 Å². The first-order valence-electron chi connectivity index (χ1n) is 5.05. The van der Waals surface area contributed by atoms with Crippen molar-refractivity contribution in [2.24, 2.45) is 5.10 Å². The molecule has 0 radical (unpaired) electrons. The van der Waals surface area contributed by atoms with Crippen molar-refractivity contribution < 1.29 is 13.2 Å². The van der Waals surface area contributed by atoms with Gasteiger partial charge in [0.15, 0.2) is 0 Å². The zero-order chi connectivity index (χ0) is 13.0. The van der Waals surface area contributed by atoms with Crippen LogP contribution in [0.5, 0.6) is 0 Å². The van der Waals surface area contributed by atoms with Crippen LogP contribution in [0.1, 0.15) is 10.4 Å². The summed E-state index contributed by atoms with van der Waals surface area (Å²) in [5.41, 5.74) is 2.51. The van der Waals surface area contributed by atoms with Crippen LogP contribution in [0.4, 0.5) is 18.9 Å². The molecule has 0 spiro atoms. The minimum absolute atomic E-state index is 0.510. The molecule has 0 fully saturated rings. The van der Waals surface area contributed by atoms with Gasteiger partial charge >= 0.3 is 6.18 Å². The minimum Gasteiger partial charge on any atom is -0.278 e. The number of alkyl halides is 3. The third-order valence-electron chi connectivity index (χ3n) is 2.14. The first kappa shape index (κ1) is 12.6. The highest BCUT2D eigenvalue weighted by Gasteiger charge is 2.29. The summed E-state index contributed by atoms with van der Waals surface area (Å²) in [7, 11) is 0. The van der Waals surface area contributed by atoms with E-state index in [1.807, 2.05) is 17.5 Å². The fraction of sp³-hybridized carbons (Fsp3) is 0.0833. The van der Waals surface area contributed by atoms with Crippen molar-refractivity contribution >= 4 is 23.2 Å². The molecule has 1 heterocycles. The molecule has 0 atom stereocenters. The number of hydrogen-bond donors (Lipinski definition) is 1. The van der Waals surface area contributed by atoms with E-state index >= 15 is 0 Å². The molecule has 18 heavy (non-hydrogen) atoms. The Labute approximate surface area is 106 Å². The van der Waals surface area contributed by atoms with Crippen molar-refractivity contribution in [3.63, 3.8) is 0 Å². The lowest BCUT2D eigenvalue weighted by Gasteiger charge is -2.06. The molecular weight excluding hydrogens is 261 g/mol. The summed E-state index contributed by atoms with van der Waals surface area (Å²) >= 11 is 1.53. The van der Waals surface area contributed by atoms with Crippen LogP contribution >= 0.6 is 11.3 Å². The first-order valence-corrected chi connectivity index (χ1v) is 5.93. The Kier molecular flexibility index (Phi) is 3.66. The van der Waals surface area contributed by atoms with E-state index < -0.39 is 11.7 Å². The summed E-state index contributed by atoms with van der Waals surface area (Å²) in [4.78, 5) is 0.967. The van der Waals surface area contributed by atoms with Crippen molar-refractivity contribution in [2.75, 3.05) is 5.43 Å². The normalized spacial score (nSPS) is 11.9. The summed E-state index contributed by atoms with van der Waals surface area (Å²) in [6, 6.07) is 8.50. The highest BCUT2D eigenvalue weighted by atomic mass is 32.1. The van der Waals surface area contributed by atoms with Gasteiger partial charge in [-0.1, -0.05) is 6.07 Å². The fourth-order valence-electron chi connectivity index (χ4n) is 1.27. The Hall–Kier alpha value is -1.82. The van der Waals surface area contributed by atoms with E-state index in [0.29, 0.717) is 5.69 Å². The molecule has 0 aliphatic heterocycles. The molecule has 2 rings (SSSR count). The van der Waals surface area contributed by atoms with Gasteiger partial charge in [-0.2, -0.15) is 18.3 Å². The molecular formula is C12H9F3N2S. The average molecular weight is 270 g/mol. The molecule has 0 saturated heterocycles. The van der Waals surface area contributed by atoms with E-state index in [1.54, 1.807) is 6.21 Å². The maximum Gasteiger partial charge on any atom is 0.416 e. The van der Waals surface area contributed by atoms with Gasteiger partial charge in [-0.3, -0.25) is 5.43 Å². The van der Waals surface area contributed by atoms with Crippen molar-refractivity contribution in [3.05, 3.63) is 52.2 Å². The molecule has 2 aromatic rings. The molecule has 94 valence electrons. The second-order valence-electron chi connectivity index (χ2n) is 3.46. The molecule has 1 aromatic carbocycles. The summed E-state index contributed by atoms with van der Waals surface area (Å²) in [6.07, 6.45) is -2.69. The van der Waals surface area contributed by atoms with Gasteiger partial charge in [-0.15, -0.1) is 11.3 Å². The SMILES string of the molecule is FC(F)(F)c1ccc(N/N=C/c2cccs2)cc1. The first-order chi connectivity index (χ1) is 8.55. The quantitative estimate of drug-likeness (QED) is 0.655. The zero-order valence-electron chi connectivity index (χ0n) is 9.11. The monoisotopic (exact) mass is 270 g/mol. The predicted molar refractivity (Wildman–Crippen MR) is 67.0 cm³/mol. The van der Waals surface area contributed by atoms with Crippen LogP contribution < -0.4 is 5.43 Å². The second-order valence-corrected chi connectivity index (χ2v) is 4.44. The Morgan fingerprint density at radius 1 is 1.11 bits per heavy atom. The standard InChI is InChI=1S/C12H9F3N2S/c13-12(14,15)9-3-5-10(6-4-9)17-16-8-11-2-1-7-18-11/h1-8,17H/b16-8+. The van der Waals surface area contributed by atoms with Crippen LogP contribution in [-0.4, -0.2) is 6.21 Å². The van der Waals surface area contributed by atoms with Gasteiger partial charge in [0.25, 0.3) is 0 Å². The number of anilines is 1. The molecule has 0 bridgehead atoms. The molecule has 0 saturated carbocycles. The van der Waals surface area contributed by atoms with Crippen LogP contribution in [0.2, 0.25) is 0 Å². The summed E-state index contributed by atoms with van der Waals surface area (Å²) < 4.78 is 36.9. The van der Waals surface area contributed by atoms with Crippen molar-refractivity contribution in [1.82, 2.24) is 0 Å². The Morgan fingerprint density at radius 2 is 1.83 bits per heavy atom. The molecule has 0 aliphatic rings. The van der Waals surface area contributed by atoms with Gasteiger partial charge in [0.2, 0.25) is 0 Å². The lowest BCUT2D eigenvalue weighted by molar-refractivity contribution is -0.137. The fourth-order valence-corrected chi connectivity index (χ4v) is 1.85. The van der Waals surface area contributed by atoms with E-state index in [-0.39, 0.29) is 0 Å². The smallest absolute Gasteiger partial charge is 0.278 e. The lowest BCUT2D eigenvalue weighted by Crippen LogP contribution is -2.04. The number of nitrogens with zero attached hydrogens (tertiary/aromatic N) is 1. The third-order valence-corrected chi connectivity index (χ3v) is 2.95. The van der Waals surface area contributed by atoms with Crippen LogP contribution in [0.3, 0.4) is 0 Å². The highest BCUT2D eigenvalue weighted by molar-refractivity contribution is 7.11. The number of hydrazone groups is 1. The van der Waals surface area contributed by atoms with Gasteiger partial charge in [0, 0.05) is 4.88 Å². The van der Waals surface area contributed by atoms with Gasteiger partial charge in [-0.25, -0.2) is 0 Å². The van der Waals surface area contributed by atoms with Crippen molar-refractivity contribution in [2.45, 2.75) is 6.18 Å².